The third-order valence-electron chi connectivity index (χ3n) is 5.66. The standard InChI is InChI=1S/C21H28N4O.H2S/c1-13-7-18(8-14(2)23-13)9-17-5-6-25(12-17)15(3)19-10-20-21(22-11-19)24-16(4)26-20;/h7-8,10-11,15,17,20-21H,5-6,9,12H2,1-4H3;1H2/t15?,17-,20?,21?;/m1./s1. The van der Waals surface area contributed by atoms with Gasteiger partial charge in [-0.05, 0) is 75.4 Å². The van der Waals surface area contributed by atoms with Crippen LogP contribution < -0.4 is 0 Å². The van der Waals surface area contributed by atoms with Gasteiger partial charge in [0.2, 0.25) is 0 Å². The van der Waals surface area contributed by atoms with Crippen molar-refractivity contribution in [3.63, 3.8) is 0 Å². The van der Waals surface area contributed by atoms with Gasteiger partial charge in [-0.2, -0.15) is 13.5 Å². The molecule has 27 heavy (non-hydrogen) atoms. The summed E-state index contributed by atoms with van der Waals surface area (Å²) in [6.45, 7) is 10.6. The Balaban J connectivity index is 0.00000210. The van der Waals surface area contributed by atoms with Gasteiger partial charge in [0.15, 0.2) is 18.2 Å². The molecular formula is C21H30N4OS. The average Bonchev–Trinajstić information content (AvgIpc) is 3.17. The SMILES string of the molecule is CC1=NC2N=CC(C(C)N3CC[C@H](Cc4cc(C)nc(C)c4)C3)=CC2O1.S. The first kappa shape index (κ1) is 20.1. The topological polar surface area (TPSA) is 50.1 Å². The Labute approximate surface area is 169 Å². The highest BCUT2D eigenvalue weighted by Crippen LogP contribution is 2.28. The number of ether oxygens (including phenoxy) is 1. The van der Waals surface area contributed by atoms with Crippen LogP contribution in [-0.4, -0.2) is 53.4 Å². The number of aliphatic imine (C=N–C) groups is 2. The summed E-state index contributed by atoms with van der Waals surface area (Å²) >= 11 is 0. The van der Waals surface area contributed by atoms with Crippen LogP contribution in [0.5, 0.6) is 0 Å². The van der Waals surface area contributed by atoms with Crippen LogP contribution in [0.1, 0.15) is 37.2 Å². The summed E-state index contributed by atoms with van der Waals surface area (Å²) in [5, 5.41) is 0. The molecule has 4 heterocycles. The minimum Gasteiger partial charge on any atom is -0.469 e. The Hall–Kier alpha value is -1.66. The molecule has 0 amide bonds. The molecule has 5 nitrogen and oxygen atoms in total. The number of dihydropyridines is 1. The Bertz CT molecular complexity index is 768. The molecule has 4 rings (SSSR count). The fraction of sp³-hybridized carbons (Fsp3) is 0.571. The Morgan fingerprint density at radius 2 is 1.96 bits per heavy atom. The van der Waals surface area contributed by atoms with Gasteiger partial charge in [0, 0.05) is 37.1 Å². The molecule has 0 bridgehead atoms. The molecular weight excluding hydrogens is 356 g/mol. The second-order valence-electron chi connectivity index (χ2n) is 7.88. The predicted octanol–water partition coefficient (Wildman–Crippen LogP) is 3.22. The van der Waals surface area contributed by atoms with Crippen LogP contribution in [0.15, 0.2) is 33.8 Å². The van der Waals surface area contributed by atoms with Gasteiger partial charge in [-0.1, -0.05) is 0 Å². The van der Waals surface area contributed by atoms with E-state index in [1.54, 1.807) is 0 Å². The van der Waals surface area contributed by atoms with Gasteiger partial charge in [-0.25, -0.2) is 4.99 Å². The van der Waals surface area contributed by atoms with Gasteiger partial charge in [0.05, 0.1) is 0 Å². The van der Waals surface area contributed by atoms with Gasteiger partial charge >= 0.3 is 0 Å². The lowest BCUT2D eigenvalue weighted by Crippen LogP contribution is -2.35. The van der Waals surface area contributed by atoms with E-state index in [9.17, 15) is 0 Å². The third kappa shape index (κ3) is 4.43. The maximum atomic E-state index is 5.77. The van der Waals surface area contributed by atoms with Crippen LogP contribution in [0.2, 0.25) is 0 Å². The van der Waals surface area contributed by atoms with E-state index < -0.39 is 0 Å². The highest BCUT2D eigenvalue weighted by Gasteiger charge is 2.33. The van der Waals surface area contributed by atoms with Crippen LogP contribution >= 0.6 is 13.5 Å². The molecule has 146 valence electrons. The van der Waals surface area contributed by atoms with Crippen molar-refractivity contribution >= 4 is 25.6 Å². The van der Waals surface area contributed by atoms with E-state index in [1.807, 2.05) is 13.1 Å². The lowest BCUT2D eigenvalue weighted by molar-refractivity contribution is 0.234. The summed E-state index contributed by atoms with van der Waals surface area (Å²) in [6, 6.07) is 4.83. The normalized spacial score (nSPS) is 28.1. The molecule has 0 saturated carbocycles. The lowest BCUT2D eigenvalue weighted by Gasteiger charge is -2.28. The van der Waals surface area contributed by atoms with Crippen molar-refractivity contribution in [2.24, 2.45) is 15.9 Å². The molecule has 1 fully saturated rings. The maximum absolute atomic E-state index is 5.77. The third-order valence-corrected chi connectivity index (χ3v) is 5.66. The molecule has 0 radical (unpaired) electrons. The van der Waals surface area contributed by atoms with E-state index in [0.29, 0.717) is 12.0 Å². The lowest BCUT2D eigenvalue weighted by atomic mass is 9.98. The number of pyridine rings is 1. The van der Waals surface area contributed by atoms with E-state index in [2.05, 4.69) is 58.8 Å². The van der Waals surface area contributed by atoms with Gasteiger partial charge in [0.25, 0.3) is 0 Å². The van der Waals surface area contributed by atoms with Crippen LogP contribution in [0.3, 0.4) is 0 Å². The molecule has 1 saturated heterocycles. The van der Waals surface area contributed by atoms with Crippen molar-refractivity contribution in [1.29, 1.82) is 0 Å². The summed E-state index contributed by atoms with van der Waals surface area (Å²) in [6.07, 6.45) is 6.52. The van der Waals surface area contributed by atoms with E-state index in [4.69, 9.17) is 4.74 Å². The van der Waals surface area contributed by atoms with Gasteiger partial charge < -0.3 is 4.74 Å². The van der Waals surface area contributed by atoms with Crippen molar-refractivity contribution in [3.05, 3.63) is 40.7 Å². The molecule has 0 spiro atoms. The van der Waals surface area contributed by atoms with Crippen molar-refractivity contribution in [3.8, 4) is 0 Å². The largest absolute Gasteiger partial charge is 0.469 e. The average molecular weight is 387 g/mol. The monoisotopic (exact) mass is 386 g/mol. The van der Waals surface area contributed by atoms with Crippen molar-refractivity contribution in [2.75, 3.05) is 13.1 Å². The van der Waals surface area contributed by atoms with Gasteiger partial charge in [0.1, 0.15) is 0 Å². The zero-order chi connectivity index (χ0) is 18.3. The Morgan fingerprint density at radius 3 is 2.70 bits per heavy atom. The zero-order valence-corrected chi connectivity index (χ0v) is 17.6. The van der Waals surface area contributed by atoms with Crippen LogP contribution in [0, 0.1) is 19.8 Å². The smallest absolute Gasteiger partial charge is 0.183 e. The van der Waals surface area contributed by atoms with Gasteiger partial charge in [-0.3, -0.25) is 14.9 Å². The predicted molar refractivity (Wildman–Crippen MR) is 115 cm³/mol. The first-order valence-corrected chi connectivity index (χ1v) is 9.62. The minimum absolute atomic E-state index is 0. The summed E-state index contributed by atoms with van der Waals surface area (Å²) < 4.78 is 5.77. The van der Waals surface area contributed by atoms with E-state index >= 15 is 0 Å². The molecule has 0 aromatic carbocycles. The number of hydrogen-bond acceptors (Lipinski definition) is 5. The first-order chi connectivity index (χ1) is 12.5. The number of aryl methyl sites for hydroxylation is 2. The molecule has 4 atom stereocenters. The molecule has 0 aliphatic carbocycles. The number of hydrogen-bond donors (Lipinski definition) is 0. The second kappa shape index (κ2) is 8.15. The number of fused-ring (bicyclic) bond motifs is 1. The second-order valence-corrected chi connectivity index (χ2v) is 7.88. The molecule has 0 N–H and O–H groups in total. The van der Waals surface area contributed by atoms with E-state index in [0.717, 1.165) is 36.8 Å². The summed E-state index contributed by atoms with van der Waals surface area (Å²) in [7, 11) is 0. The summed E-state index contributed by atoms with van der Waals surface area (Å²) in [4.78, 5) is 16.1. The molecule has 1 aromatic heterocycles. The van der Waals surface area contributed by atoms with Crippen LogP contribution in [-0.2, 0) is 11.2 Å². The van der Waals surface area contributed by atoms with Crippen LogP contribution in [0.4, 0.5) is 0 Å². The highest BCUT2D eigenvalue weighted by atomic mass is 32.1. The van der Waals surface area contributed by atoms with E-state index in [1.165, 1.54) is 17.6 Å². The quantitative estimate of drug-likeness (QED) is 0.798. The highest BCUT2D eigenvalue weighted by molar-refractivity contribution is 7.59. The van der Waals surface area contributed by atoms with Crippen molar-refractivity contribution in [2.45, 2.75) is 58.8 Å². The Morgan fingerprint density at radius 1 is 1.22 bits per heavy atom. The van der Waals surface area contributed by atoms with Gasteiger partial charge in [-0.15, -0.1) is 0 Å². The Kier molecular flexibility index (Phi) is 6.06. The maximum Gasteiger partial charge on any atom is 0.183 e. The number of likely N-dealkylation sites (tertiary alicyclic amines) is 1. The fourth-order valence-corrected chi connectivity index (χ4v) is 4.39. The van der Waals surface area contributed by atoms with E-state index in [-0.39, 0.29) is 25.8 Å². The first-order valence-electron chi connectivity index (χ1n) is 9.62. The number of aromatic nitrogens is 1. The minimum atomic E-state index is -0.0737. The number of nitrogens with zero attached hydrogens (tertiary/aromatic N) is 4. The van der Waals surface area contributed by atoms with Crippen molar-refractivity contribution < 1.29 is 4.74 Å². The molecule has 3 aliphatic rings. The molecule has 3 unspecified atom stereocenters. The summed E-state index contributed by atoms with van der Waals surface area (Å²) in [5.41, 5.74) is 4.92. The number of rotatable bonds is 4. The van der Waals surface area contributed by atoms with Crippen molar-refractivity contribution in [1.82, 2.24) is 9.88 Å². The fourth-order valence-electron chi connectivity index (χ4n) is 4.39. The molecule has 1 aromatic rings. The molecule has 3 aliphatic heterocycles. The summed E-state index contributed by atoms with van der Waals surface area (Å²) in [5.74, 6) is 1.45. The van der Waals surface area contributed by atoms with Crippen LogP contribution in [0.25, 0.3) is 0 Å². The zero-order valence-electron chi connectivity index (χ0n) is 16.6. The molecule has 6 heteroatoms.